The van der Waals surface area contributed by atoms with E-state index in [0.29, 0.717) is 6.04 Å². The molecule has 1 aliphatic carbocycles. The molecule has 0 saturated carbocycles. The number of halogens is 1. The van der Waals surface area contributed by atoms with Gasteiger partial charge in [0, 0.05) is 12.0 Å². The van der Waals surface area contributed by atoms with Crippen molar-refractivity contribution < 1.29 is 9.13 Å². The Morgan fingerprint density at radius 1 is 1.12 bits per heavy atom. The van der Waals surface area contributed by atoms with Gasteiger partial charge >= 0.3 is 0 Å². The van der Waals surface area contributed by atoms with Gasteiger partial charge in [-0.25, -0.2) is 4.39 Å². The van der Waals surface area contributed by atoms with E-state index in [0.717, 1.165) is 37.1 Å². The molecule has 0 amide bonds. The Hall–Kier alpha value is -1.87. The van der Waals surface area contributed by atoms with Gasteiger partial charge in [-0.2, -0.15) is 0 Å². The number of hydrogen-bond donors (Lipinski definition) is 1. The molecule has 0 spiro atoms. The van der Waals surface area contributed by atoms with Gasteiger partial charge in [-0.1, -0.05) is 19.1 Å². The van der Waals surface area contributed by atoms with Crippen LogP contribution in [0.3, 0.4) is 0 Å². The number of benzene rings is 2. The Labute approximate surface area is 144 Å². The van der Waals surface area contributed by atoms with Crippen LogP contribution < -0.4 is 10.1 Å². The highest BCUT2D eigenvalue weighted by atomic mass is 19.1. The summed E-state index contributed by atoms with van der Waals surface area (Å²) in [4.78, 5) is 0. The molecule has 2 aromatic rings. The average Bonchev–Trinajstić information content (AvgIpc) is 2.72. The molecule has 128 valence electrons. The first-order chi connectivity index (χ1) is 11.6. The summed E-state index contributed by atoms with van der Waals surface area (Å²) in [6.45, 7) is 5.31. The van der Waals surface area contributed by atoms with Crippen LogP contribution in [-0.2, 0) is 12.8 Å². The third kappa shape index (κ3) is 3.46. The fourth-order valence-electron chi connectivity index (χ4n) is 3.87. The summed E-state index contributed by atoms with van der Waals surface area (Å²) in [5.74, 6) is 1.04. The van der Waals surface area contributed by atoms with Gasteiger partial charge in [0.15, 0.2) is 0 Å². The van der Waals surface area contributed by atoms with E-state index in [4.69, 9.17) is 4.74 Å². The fourth-order valence-corrected chi connectivity index (χ4v) is 3.87. The van der Waals surface area contributed by atoms with Crippen LogP contribution in [0.1, 0.15) is 48.4 Å². The van der Waals surface area contributed by atoms with E-state index >= 15 is 0 Å². The first-order valence-electron chi connectivity index (χ1n) is 8.81. The lowest BCUT2D eigenvalue weighted by molar-refractivity contribution is 0.414. The van der Waals surface area contributed by atoms with E-state index in [9.17, 15) is 4.39 Å². The standard InChI is InChI=1S/C21H26FNO/c1-4-23-14(2)11-21-19-9-7-17(22)12-15(19)5-6-16-13-18(24-3)8-10-20(16)21/h7-10,12-14,21,23H,4-6,11H2,1-3H3. The topological polar surface area (TPSA) is 21.3 Å². The molecule has 24 heavy (non-hydrogen) atoms. The molecule has 3 rings (SSSR count). The van der Waals surface area contributed by atoms with E-state index in [1.165, 1.54) is 16.7 Å². The largest absolute Gasteiger partial charge is 0.497 e. The highest BCUT2D eigenvalue weighted by Gasteiger charge is 2.25. The van der Waals surface area contributed by atoms with Gasteiger partial charge in [0.2, 0.25) is 0 Å². The van der Waals surface area contributed by atoms with Crippen LogP contribution in [0.2, 0.25) is 0 Å². The monoisotopic (exact) mass is 327 g/mol. The van der Waals surface area contributed by atoms with Crippen molar-refractivity contribution in [2.75, 3.05) is 13.7 Å². The van der Waals surface area contributed by atoms with E-state index < -0.39 is 0 Å². The van der Waals surface area contributed by atoms with E-state index in [1.54, 1.807) is 19.2 Å². The molecular formula is C21H26FNO. The second-order valence-electron chi connectivity index (χ2n) is 6.65. The molecule has 2 aromatic carbocycles. The zero-order chi connectivity index (χ0) is 17.1. The highest BCUT2D eigenvalue weighted by Crippen LogP contribution is 2.38. The SMILES string of the molecule is CCNC(C)CC1c2ccc(F)cc2CCc2cc(OC)ccc21. The van der Waals surface area contributed by atoms with Crippen molar-refractivity contribution >= 4 is 0 Å². The first-order valence-corrected chi connectivity index (χ1v) is 8.81. The van der Waals surface area contributed by atoms with Gasteiger partial charge in [-0.3, -0.25) is 0 Å². The number of rotatable bonds is 5. The molecule has 0 fully saturated rings. The third-order valence-electron chi connectivity index (χ3n) is 5.01. The number of ether oxygens (including phenoxy) is 1. The molecule has 0 bridgehead atoms. The van der Waals surface area contributed by atoms with E-state index in [-0.39, 0.29) is 11.7 Å². The van der Waals surface area contributed by atoms with Gasteiger partial charge in [-0.15, -0.1) is 0 Å². The second-order valence-corrected chi connectivity index (χ2v) is 6.65. The maximum atomic E-state index is 13.8. The molecule has 3 heteroatoms. The Balaban J connectivity index is 2.06. The smallest absolute Gasteiger partial charge is 0.123 e. The number of nitrogens with one attached hydrogen (secondary N) is 1. The fraction of sp³-hybridized carbons (Fsp3) is 0.429. The number of methoxy groups -OCH3 is 1. The summed E-state index contributed by atoms with van der Waals surface area (Å²) in [5, 5.41) is 3.51. The normalized spacial score (nSPS) is 17.6. The predicted molar refractivity (Wildman–Crippen MR) is 96.4 cm³/mol. The number of fused-ring (bicyclic) bond motifs is 2. The predicted octanol–water partition coefficient (Wildman–Crippen LogP) is 4.45. The van der Waals surface area contributed by atoms with Crippen LogP contribution in [0, 0.1) is 5.82 Å². The van der Waals surface area contributed by atoms with E-state index in [2.05, 4.69) is 31.3 Å². The quantitative estimate of drug-likeness (QED) is 0.876. The summed E-state index contributed by atoms with van der Waals surface area (Å²) < 4.78 is 19.2. The molecule has 1 aliphatic rings. The minimum absolute atomic E-state index is 0.143. The van der Waals surface area contributed by atoms with Crippen molar-refractivity contribution in [3.05, 3.63) is 64.5 Å². The van der Waals surface area contributed by atoms with Crippen molar-refractivity contribution in [3.63, 3.8) is 0 Å². The Morgan fingerprint density at radius 2 is 1.79 bits per heavy atom. The van der Waals surface area contributed by atoms with Crippen molar-refractivity contribution in [1.82, 2.24) is 5.32 Å². The Morgan fingerprint density at radius 3 is 2.46 bits per heavy atom. The molecule has 2 nitrogen and oxygen atoms in total. The Bertz CT molecular complexity index is 713. The molecule has 2 atom stereocenters. The van der Waals surface area contributed by atoms with Crippen molar-refractivity contribution in [2.45, 2.75) is 45.1 Å². The molecule has 0 saturated heterocycles. The summed E-state index contributed by atoms with van der Waals surface area (Å²) in [5.41, 5.74) is 5.08. The molecular weight excluding hydrogens is 301 g/mol. The van der Waals surface area contributed by atoms with Gasteiger partial charge in [-0.05, 0) is 79.3 Å². The summed E-state index contributed by atoms with van der Waals surface area (Å²) in [6, 6.07) is 12.1. The van der Waals surface area contributed by atoms with Crippen molar-refractivity contribution in [2.24, 2.45) is 0 Å². The van der Waals surface area contributed by atoms with Gasteiger partial charge in [0.25, 0.3) is 0 Å². The van der Waals surface area contributed by atoms with Crippen molar-refractivity contribution in [3.8, 4) is 5.75 Å². The molecule has 0 radical (unpaired) electrons. The lowest BCUT2D eigenvalue weighted by Crippen LogP contribution is -2.28. The number of hydrogen-bond acceptors (Lipinski definition) is 2. The summed E-state index contributed by atoms with van der Waals surface area (Å²) >= 11 is 0. The lowest BCUT2D eigenvalue weighted by atomic mass is 9.83. The maximum absolute atomic E-state index is 13.8. The van der Waals surface area contributed by atoms with Crippen LogP contribution >= 0.6 is 0 Å². The molecule has 1 N–H and O–H groups in total. The third-order valence-corrected chi connectivity index (χ3v) is 5.01. The molecule has 0 heterocycles. The Kier molecular flexibility index (Phi) is 5.20. The number of aryl methyl sites for hydroxylation is 2. The molecule has 0 aliphatic heterocycles. The van der Waals surface area contributed by atoms with Gasteiger partial charge in [0.05, 0.1) is 7.11 Å². The lowest BCUT2D eigenvalue weighted by Gasteiger charge is -2.24. The van der Waals surface area contributed by atoms with Gasteiger partial charge in [0.1, 0.15) is 11.6 Å². The zero-order valence-electron chi connectivity index (χ0n) is 14.7. The zero-order valence-corrected chi connectivity index (χ0v) is 14.7. The van der Waals surface area contributed by atoms with Crippen LogP contribution in [-0.4, -0.2) is 19.7 Å². The van der Waals surface area contributed by atoms with E-state index in [1.807, 2.05) is 12.1 Å². The minimum atomic E-state index is -0.143. The van der Waals surface area contributed by atoms with Crippen LogP contribution in [0.5, 0.6) is 5.75 Å². The van der Waals surface area contributed by atoms with Crippen LogP contribution in [0.25, 0.3) is 0 Å². The molecule has 0 aromatic heterocycles. The van der Waals surface area contributed by atoms with Crippen LogP contribution in [0.15, 0.2) is 36.4 Å². The molecule has 2 unspecified atom stereocenters. The minimum Gasteiger partial charge on any atom is -0.497 e. The maximum Gasteiger partial charge on any atom is 0.123 e. The first kappa shape index (κ1) is 17.0. The van der Waals surface area contributed by atoms with Crippen molar-refractivity contribution in [1.29, 1.82) is 0 Å². The van der Waals surface area contributed by atoms with Crippen LogP contribution in [0.4, 0.5) is 4.39 Å². The average molecular weight is 327 g/mol. The summed E-state index contributed by atoms with van der Waals surface area (Å²) in [7, 11) is 1.70. The second kappa shape index (κ2) is 7.35. The highest BCUT2D eigenvalue weighted by molar-refractivity contribution is 5.47. The summed E-state index contributed by atoms with van der Waals surface area (Å²) in [6.07, 6.45) is 2.81. The van der Waals surface area contributed by atoms with Gasteiger partial charge < -0.3 is 10.1 Å².